The minimum atomic E-state index is -0.301. The number of hydrogen-bond acceptors (Lipinski definition) is 5. The van der Waals surface area contributed by atoms with Crippen molar-refractivity contribution in [3.63, 3.8) is 0 Å². The van der Waals surface area contributed by atoms with Crippen LogP contribution >= 0.6 is 0 Å². The standard InChI is InChI=1S/C23H24FN5O/c1-3-4-15(2)26-23-25-11-9-19(27-23)22-21(17-5-7-18(24)8-6-17)28-20-13-16(14-30)10-12-29(20)22/h5-13,15,30H,3-4,14H2,1-2H3,(H,25,26,27). The first-order valence-corrected chi connectivity index (χ1v) is 10.1. The van der Waals surface area contributed by atoms with Gasteiger partial charge in [0.2, 0.25) is 5.95 Å². The molecule has 2 N–H and O–H groups in total. The van der Waals surface area contributed by atoms with Crippen molar-refractivity contribution < 1.29 is 9.50 Å². The molecule has 0 amide bonds. The number of nitrogens with one attached hydrogen (secondary N) is 1. The average Bonchev–Trinajstić information content (AvgIpc) is 3.13. The molecular formula is C23H24FN5O. The predicted octanol–water partition coefficient (Wildman–Crippen LogP) is 4.69. The lowest BCUT2D eigenvalue weighted by Gasteiger charge is -2.13. The van der Waals surface area contributed by atoms with Crippen LogP contribution in [0.5, 0.6) is 0 Å². The Bertz CT molecular complexity index is 1160. The third kappa shape index (κ3) is 4.02. The van der Waals surface area contributed by atoms with Crippen LogP contribution in [-0.4, -0.2) is 30.5 Å². The third-order valence-corrected chi connectivity index (χ3v) is 4.99. The second kappa shape index (κ2) is 8.59. The second-order valence-electron chi connectivity index (χ2n) is 7.34. The molecule has 0 spiro atoms. The van der Waals surface area contributed by atoms with Crippen molar-refractivity contribution >= 4 is 11.6 Å². The lowest BCUT2D eigenvalue weighted by atomic mass is 10.1. The van der Waals surface area contributed by atoms with Gasteiger partial charge in [-0.05, 0) is 61.4 Å². The van der Waals surface area contributed by atoms with Crippen molar-refractivity contribution in [3.8, 4) is 22.6 Å². The number of halogens is 1. The van der Waals surface area contributed by atoms with Gasteiger partial charge in [0.25, 0.3) is 0 Å². The van der Waals surface area contributed by atoms with Crippen molar-refractivity contribution in [3.05, 3.63) is 66.2 Å². The van der Waals surface area contributed by atoms with Gasteiger partial charge in [-0.1, -0.05) is 13.3 Å². The predicted molar refractivity (Wildman–Crippen MR) is 116 cm³/mol. The highest BCUT2D eigenvalue weighted by Crippen LogP contribution is 2.32. The first-order chi connectivity index (χ1) is 14.6. The number of aromatic nitrogens is 4. The van der Waals surface area contributed by atoms with Crippen LogP contribution < -0.4 is 5.32 Å². The quantitative estimate of drug-likeness (QED) is 0.467. The monoisotopic (exact) mass is 405 g/mol. The van der Waals surface area contributed by atoms with Crippen molar-refractivity contribution in [2.45, 2.75) is 39.3 Å². The van der Waals surface area contributed by atoms with E-state index in [9.17, 15) is 9.50 Å². The Kier molecular flexibility index (Phi) is 5.72. The summed E-state index contributed by atoms with van der Waals surface area (Å²) in [6, 6.07) is 12.0. The molecule has 4 rings (SSSR count). The van der Waals surface area contributed by atoms with Crippen molar-refractivity contribution in [1.82, 2.24) is 19.4 Å². The minimum absolute atomic E-state index is 0.0680. The number of rotatable bonds is 7. The zero-order valence-corrected chi connectivity index (χ0v) is 17.0. The summed E-state index contributed by atoms with van der Waals surface area (Å²) in [5, 5.41) is 12.8. The van der Waals surface area contributed by atoms with Crippen molar-refractivity contribution in [2.75, 3.05) is 5.32 Å². The fourth-order valence-electron chi connectivity index (χ4n) is 3.52. The van der Waals surface area contributed by atoms with Crippen LogP contribution in [0.1, 0.15) is 32.3 Å². The zero-order valence-electron chi connectivity index (χ0n) is 17.0. The summed E-state index contributed by atoms with van der Waals surface area (Å²) in [6.07, 6.45) is 5.68. The maximum absolute atomic E-state index is 13.5. The molecule has 1 atom stereocenters. The normalized spacial score (nSPS) is 12.3. The Labute approximate surface area is 174 Å². The molecule has 3 heterocycles. The summed E-state index contributed by atoms with van der Waals surface area (Å²) < 4.78 is 15.4. The van der Waals surface area contributed by atoms with Crippen LogP contribution in [0.2, 0.25) is 0 Å². The second-order valence-corrected chi connectivity index (χ2v) is 7.34. The third-order valence-electron chi connectivity index (χ3n) is 4.99. The molecule has 0 saturated carbocycles. The minimum Gasteiger partial charge on any atom is -0.392 e. The summed E-state index contributed by atoms with van der Waals surface area (Å²) in [5.74, 6) is 0.255. The number of fused-ring (bicyclic) bond motifs is 1. The molecule has 0 aliphatic carbocycles. The smallest absolute Gasteiger partial charge is 0.223 e. The van der Waals surface area contributed by atoms with Crippen LogP contribution in [0, 0.1) is 5.82 Å². The lowest BCUT2D eigenvalue weighted by Crippen LogP contribution is -2.16. The van der Waals surface area contributed by atoms with Gasteiger partial charge in [-0.2, -0.15) is 0 Å². The highest BCUT2D eigenvalue weighted by atomic mass is 19.1. The number of benzene rings is 1. The number of imidazole rings is 1. The van der Waals surface area contributed by atoms with E-state index in [0.29, 0.717) is 23.0 Å². The molecule has 7 heteroatoms. The molecule has 1 unspecified atom stereocenters. The van der Waals surface area contributed by atoms with Gasteiger partial charge in [0.1, 0.15) is 11.5 Å². The molecule has 0 aliphatic rings. The largest absolute Gasteiger partial charge is 0.392 e. The maximum atomic E-state index is 13.5. The number of nitrogens with zero attached hydrogens (tertiary/aromatic N) is 4. The van der Waals surface area contributed by atoms with E-state index in [1.165, 1.54) is 12.1 Å². The summed E-state index contributed by atoms with van der Waals surface area (Å²) in [4.78, 5) is 13.9. The fourth-order valence-corrected chi connectivity index (χ4v) is 3.52. The molecule has 4 aromatic rings. The summed E-state index contributed by atoms with van der Waals surface area (Å²) in [6.45, 7) is 4.18. The van der Waals surface area contributed by atoms with Crippen LogP contribution in [0.15, 0.2) is 54.9 Å². The van der Waals surface area contributed by atoms with Gasteiger partial charge in [0, 0.05) is 24.0 Å². The Hall–Kier alpha value is -3.32. The van der Waals surface area contributed by atoms with E-state index in [1.54, 1.807) is 18.3 Å². The highest BCUT2D eigenvalue weighted by Gasteiger charge is 2.18. The molecule has 0 bridgehead atoms. The lowest BCUT2D eigenvalue weighted by molar-refractivity contribution is 0.282. The molecular weight excluding hydrogens is 381 g/mol. The summed E-state index contributed by atoms with van der Waals surface area (Å²) >= 11 is 0. The first kappa shape index (κ1) is 20.0. The molecule has 30 heavy (non-hydrogen) atoms. The summed E-state index contributed by atoms with van der Waals surface area (Å²) in [5.41, 5.74) is 4.42. The Morgan fingerprint density at radius 3 is 2.67 bits per heavy atom. The Morgan fingerprint density at radius 2 is 1.93 bits per heavy atom. The van der Waals surface area contributed by atoms with Crippen LogP contribution in [0.25, 0.3) is 28.3 Å². The van der Waals surface area contributed by atoms with Gasteiger partial charge < -0.3 is 10.4 Å². The van der Waals surface area contributed by atoms with E-state index >= 15 is 0 Å². The van der Waals surface area contributed by atoms with E-state index in [0.717, 1.165) is 29.7 Å². The van der Waals surface area contributed by atoms with E-state index in [2.05, 4.69) is 24.1 Å². The van der Waals surface area contributed by atoms with Crippen molar-refractivity contribution in [1.29, 1.82) is 0 Å². The number of hydrogen-bond donors (Lipinski definition) is 2. The molecule has 3 aromatic heterocycles. The molecule has 0 radical (unpaired) electrons. The van der Waals surface area contributed by atoms with Crippen LogP contribution in [0.4, 0.5) is 10.3 Å². The zero-order chi connectivity index (χ0) is 21.1. The van der Waals surface area contributed by atoms with Gasteiger partial charge in [0.15, 0.2) is 0 Å². The summed E-state index contributed by atoms with van der Waals surface area (Å²) in [7, 11) is 0. The first-order valence-electron chi connectivity index (χ1n) is 10.1. The number of pyridine rings is 1. The van der Waals surface area contributed by atoms with E-state index in [-0.39, 0.29) is 18.5 Å². The number of aliphatic hydroxyl groups is 1. The highest BCUT2D eigenvalue weighted by molar-refractivity contribution is 5.80. The van der Waals surface area contributed by atoms with Gasteiger partial charge >= 0.3 is 0 Å². The molecule has 0 saturated heterocycles. The number of aliphatic hydroxyl groups excluding tert-OH is 1. The van der Waals surface area contributed by atoms with E-state index in [4.69, 9.17) is 9.97 Å². The molecule has 1 aromatic carbocycles. The SMILES string of the molecule is CCCC(C)Nc1nccc(-c2c(-c3ccc(F)cc3)nc3cc(CO)ccn23)n1. The van der Waals surface area contributed by atoms with Crippen LogP contribution in [-0.2, 0) is 6.61 Å². The fraction of sp³-hybridized carbons (Fsp3) is 0.261. The molecule has 154 valence electrons. The van der Waals surface area contributed by atoms with Gasteiger partial charge in [-0.25, -0.2) is 19.3 Å². The van der Waals surface area contributed by atoms with Gasteiger partial charge in [-0.3, -0.25) is 4.40 Å². The van der Waals surface area contributed by atoms with Gasteiger partial charge in [-0.15, -0.1) is 0 Å². The Morgan fingerprint density at radius 1 is 1.13 bits per heavy atom. The Balaban J connectivity index is 1.86. The molecule has 0 aliphatic heterocycles. The molecule has 6 nitrogen and oxygen atoms in total. The van der Waals surface area contributed by atoms with Crippen LogP contribution in [0.3, 0.4) is 0 Å². The average molecular weight is 405 g/mol. The topological polar surface area (TPSA) is 75.3 Å². The van der Waals surface area contributed by atoms with Crippen molar-refractivity contribution in [2.24, 2.45) is 0 Å². The van der Waals surface area contributed by atoms with Gasteiger partial charge in [0.05, 0.1) is 23.7 Å². The van der Waals surface area contributed by atoms with E-state index < -0.39 is 0 Å². The number of anilines is 1. The maximum Gasteiger partial charge on any atom is 0.223 e. The molecule has 0 fully saturated rings. The van der Waals surface area contributed by atoms with E-state index in [1.807, 2.05) is 28.8 Å².